The zero-order chi connectivity index (χ0) is 18.7. The lowest BCUT2D eigenvalue weighted by atomic mass is 9.71. The Kier molecular flexibility index (Phi) is 6.15. The zero-order valence-electron chi connectivity index (χ0n) is 14.6. The van der Waals surface area contributed by atoms with Gasteiger partial charge in [-0.25, -0.2) is 0 Å². The van der Waals surface area contributed by atoms with Crippen molar-refractivity contribution in [2.75, 3.05) is 13.1 Å². The van der Waals surface area contributed by atoms with Crippen LogP contribution in [0.1, 0.15) is 36.7 Å². The fourth-order valence-electron chi connectivity index (χ4n) is 3.66. The molecule has 1 aliphatic carbocycles. The molecule has 1 fully saturated rings. The molecule has 1 saturated carbocycles. The highest BCUT2D eigenvalue weighted by Crippen LogP contribution is 2.33. The molecule has 0 bridgehead atoms. The van der Waals surface area contributed by atoms with Crippen LogP contribution in [0.3, 0.4) is 0 Å². The van der Waals surface area contributed by atoms with Crippen molar-refractivity contribution >= 4 is 13.0 Å². The summed E-state index contributed by atoms with van der Waals surface area (Å²) in [4.78, 5) is 12.3. The van der Waals surface area contributed by atoms with Gasteiger partial charge in [-0.3, -0.25) is 4.79 Å². The Labute approximate surface area is 152 Å². The van der Waals surface area contributed by atoms with Crippen molar-refractivity contribution in [3.8, 4) is 5.75 Å². The van der Waals surface area contributed by atoms with Gasteiger partial charge in [0.2, 0.25) is 5.91 Å². The molecule has 142 valence electrons. The molecule has 2 aliphatic rings. The average Bonchev–Trinajstić information content (AvgIpc) is 2.56. The number of aliphatic hydroxyl groups excluding tert-OH is 1. The van der Waals surface area contributed by atoms with Gasteiger partial charge in [0.15, 0.2) is 6.29 Å². The Bertz CT molecular complexity index is 639. The largest absolute Gasteiger partial charge is 0.547 e. The number of hydrogen-bond acceptors (Lipinski definition) is 7. The van der Waals surface area contributed by atoms with E-state index in [2.05, 4.69) is 10.6 Å². The molecule has 3 rings (SSSR count). The summed E-state index contributed by atoms with van der Waals surface area (Å²) in [7, 11) is -1.23. The lowest BCUT2D eigenvalue weighted by molar-refractivity contribution is -0.123. The quantitative estimate of drug-likeness (QED) is 0.265. The molecular weight excluding hydrogens is 337 g/mol. The van der Waals surface area contributed by atoms with Crippen LogP contribution in [-0.2, 0) is 11.2 Å². The first kappa shape index (κ1) is 19.1. The molecule has 7 N–H and O–H groups in total. The second kappa shape index (κ2) is 8.36. The van der Waals surface area contributed by atoms with Crippen molar-refractivity contribution < 1.29 is 24.7 Å². The first-order valence-electron chi connectivity index (χ1n) is 9.03. The van der Waals surface area contributed by atoms with Gasteiger partial charge in [-0.05, 0) is 30.7 Å². The maximum absolute atomic E-state index is 12.3. The molecule has 0 saturated heterocycles. The second-order valence-electron chi connectivity index (χ2n) is 7.08. The third-order valence-electron chi connectivity index (χ3n) is 5.06. The second-order valence-corrected chi connectivity index (χ2v) is 7.08. The molecule has 1 atom stereocenters. The number of para-hydroxylation sites is 1. The smallest absolute Gasteiger partial charge is 0.534 e. The van der Waals surface area contributed by atoms with Crippen molar-refractivity contribution in [1.82, 2.24) is 10.6 Å². The number of nitrogens with two attached hydrogens (primary N) is 1. The summed E-state index contributed by atoms with van der Waals surface area (Å²) in [6.45, 7) is 1.40. The van der Waals surface area contributed by atoms with E-state index in [4.69, 9.17) is 10.4 Å². The van der Waals surface area contributed by atoms with E-state index >= 15 is 0 Å². The van der Waals surface area contributed by atoms with Crippen LogP contribution in [0.4, 0.5) is 0 Å². The van der Waals surface area contributed by atoms with Crippen LogP contribution in [-0.4, -0.2) is 53.3 Å². The van der Waals surface area contributed by atoms with Gasteiger partial charge < -0.3 is 36.3 Å². The molecule has 1 aromatic carbocycles. The molecule has 0 aromatic heterocycles. The Balaban J connectivity index is 1.52. The van der Waals surface area contributed by atoms with Gasteiger partial charge in [0.25, 0.3) is 0 Å². The monoisotopic (exact) mass is 363 g/mol. The number of hydrogen-bond donors (Lipinski definition) is 6. The van der Waals surface area contributed by atoms with Gasteiger partial charge in [-0.2, -0.15) is 0 Å². The highest BCUT2D eigenvalue weighted by Gasteiger charge is 2.38. The fraction of sp³-hybridized carbons (Fsp3) is 0.588. The molecule has 1 heterocycles. The Morgan fingerprint density at radius 2 is 2.15 bits per heavy atom. The number of fused-ring (bicyclic) bond motifs is 1. The third-order valence-corrected chi connectivity index (χ3v) is 5.06. The molecule has 8 nitrogen and oxygen atoms in total. The van der Waals surface area contributed by atoms with Crippen molar-refractivity contribution in [3.05, 3.63) is 29.3 Å². The number of rotatable bonds is 7. The molecule has 1 aromatic rings. The predicted octanol–water partition coefficient (Wildman–Crippen LogP) is -1.17. The van der Waals surface area contributed by atoms with E-state index in [1.165, 1.54) is 6.07 Å². The van der Waals surface area contributed by atoms with Crippen LogP contribution in [0.15, 0.2) is 18.2 Å². The van der Waals surface area contributed by atoms with E-state index in [1.54, 1.807) is 12.1 Å². The summed E-state index contributed by atoms with van der Waals surface area (Å²) < 4.78 is 5.44. The first-order chi connectivity index (χ1) is 12.5. The van der Waals surface area contributed by atoms with Crippen LogP contribution in [0, 0.1) is 5.92 Å². The Morgan fingerprint density at radius 1 is 1.38 bits per heavy atom. The molecule has 9 heteroatoms. The molecule has 0 unspecified atom stereocenters. The van der Waals surface area contributed by atoms with E-state index in [9.17, 15) is 20.0 Å². The van der Waals surface area contributed by atoms with E-state index in [0.717, 1.165) is 24.9 Å². The average molecular weight is 363 g/mol. The molecular formula is C17H26BN3O5. The Morgan fingerprint density at radius 3 is 2.85 bits per heavy atom. The number of amides is 1. The van der Waals surface area contributed by atoms with Crippen LogP contribution < -0.4 is 21.0 Å². The maximum Gasteiger partial charge on any atom is 0.547 e. The highest BCUT2D eigenvalue weighted by molar-refractivity contribution is 6.46. The third kappa shape index (κ3) is 4.36. The molecule has 26 heavy (non-hydrogen) atoms. The molecule has 1 amide bonds. The minimum Gasteiger partial charge on any atom is -0.534 e. The summed E-state index contributed by atoms with van der Waals surface area (Å²) in [5.41, 5.74) is 6.39. The highest BCUT2D eigenvalue weighted by atomic mass is 16.5. The van der Waals surface area contributed by atoms with Crippen molar-refractivity contribution in [3.63, 3.8) is 0 Å². The van der Waals surface area contributed by atoms with Crippen molar-refractivity contribution in [2.24, 2.45) is 11.7 Å². The number of nitrogens with one attached hydrogen (secondary N) is 2. The zero-order valence-corrected chi connectivity index (χ0v) is 14.6. The number of benzene rings is 1. The normalized spacial score (nSPS) is 24.7. The van der Waals surface area contributed by atoms with Crippen molar-refractivity contribution in [2.45, 2.75) is 44.0 Å². The topological polar surface area (TPSA) is 137 Å². The minimum absolute atomic E-state index is 0.110. The van der Waals surface area contributed by atoms with Crippen LogP contribution in [0.5, 0.6) is 5.75 Å². The lowest BCUT2D eigenvalue weighted by Crippen LogP contribution is -2.54. The number of aliphatic hydroxyl groups is 2. The van der Waals surface area contributed by atoms with E-state index < -0.39 is 19.3 Å². The van der Waals surface area contributed by atoms with Gasteiger partial charge in [-0.15, -0.1) is 0 Å². The van der Waals surface area contributed by atoms with Crippen LogP contribution in [0.25, 0.3) is 0 Å². The van der Waals surface area contributed by atoms with Gasteiger partial charge >= 0.3 is 7.12 Å². The van der Waals surface area contributed by atoms with Gasteiger partial charge in [-0.1, -0.05) is 18.2 Å². The summed E-state index contributed by atoms with van der Waals surface area (Å²) in [5.74, 6) is -0.0577. The molecule has 0 radical (unpaired) electrons. The maximum atomic E-state index is 12.3. The minimum atomic E-state index is -1.68. The molecule has 1 aliphatic heterocycles. The van der Waals surface area contributed by atoms with E-state index in [1.807, 2.05) is 0 Å². The predicted molar refractivity (Wildman–Crippen MR) is 96.0 cm³/mol. The summed E-state index contributed by atoms with van der Waals surface area (Å²) in [6.07, 6.45) is 1.03. The number of carbonyl (C=O) groups excluding carboxylic acids is 1. The SMILES string of the molecule is NCCNC1CC(CC(=O)N[C@H]2Cc3cccc(C(O)O)c3OB2O)C1. The first-order valence-corrected chi connectivity index (χ1v) is 9.03. The summed E-state index contributed by atoms with van der Waals surface area (Å²) >= 11 is 0. The van der Waals surface area contributed by atoms with Gasteiger partial charge in [0, 0.05) is 31.1 Å². The number of carbonyl (C=O) groups is 1. The van der Waals surface area contributed by atoms with Gasteiger partial charge in [0.05, 0.1) is 5.94 Å². The van der Waals surface area contributed by atoms with Crippen LogP contribution in [0.2, 0.25) is 0 Å². The van der Waals surface area contributed by atoms with Crippen LogP contribution >= 0.6 is 0 Å². The molecule has 0 spiro atoms. The van der Waals surface area contributed by atoms with E-state index in [0.29, 0.717) is 31.3 Å². The Hall–Kier alpha value is -1.65. The fourth-order valence-corrected chi connectivity index (χ4v) is 3.66. The lowest BCUT2D eigenvalue weighted by Gasteiger charge is -2.36. The van der Waals surface area contributed by atoms with E-state index in [-0.39, 0.29) is 17.2 Å². The summed E-state index contributed by atoms with van der Waals surface area (Å²) in [6, 6.07) is 5.44. The standard InChI is InChI=1S/C17H26BN3O5/c19-4-5-20-12-6-10(7-12)8-15(22)21-14-9-11-2-1-3-13(17(23)24)16(11)26-18(14)25/h1-3,10,12,14,17,20,23-25H,4-9,19H2,(H,21,22)/t10?,12?,14-/m0/s1. The van der Waals surface area contributed by atoms with Gasteiger partial charge in [0.1, 0.15) is 5.75 Å². The summed E-state index contributed by atoms with van der Waals surface area (Å²) in [5, 5.41) is 35.2. The van der Waals surface area contributed by atoms with Crippen molar-refractivity contribution in [1.29, 1.82) is 0 Å².